The van der Waals surface area contributed by atoms with Crippen molar-refractivity contribution in [1.82, 2.24) is 0 Å². The molecule has 0 heterocycles. The summed E-state index contributed by atoms with van der Waals surface area (Å²) < 4.78 is 5.76. The smallest absolute Gasteiger partial charge is 0.153 e. The predicted molar refractivity (Wildman–Crippen MR) is 143 cm³/mol. The first-order valence-electron chi connectivity index (χ1n) is 14.8. The standard InChI is InChI=1S/C32H54O2/c1-21(2)9-8-10-22(3)28-13-14-29-27-12-11-26-19-25(20-34-24(5)23(4)33)15-17-31(26,6)30(27)16-18-32(28,29)7/h21-22,25-30,33H,4-5,8-20H2,1-3,6-7H3/t22-,25+,26+,27+,28?,29+,30+,31+,32-/m1/s1. The van der Waals surface area contributed by atoms with Gasteiger partial charge in [-0.15, -0.1) is 0 Å². The number of aliphatic hydroxyl groups is 1. The monoisotopic (exact) mass is 470 g/mol. The van der Waals surface area contributed by atoms with E-state index in [9.17, 15) is 5.11 Å². The van der Waals surface area contributed by atoms with Crippen LogP contribution in [-0.4, -0.2) is 11.7 Å². The van der Waals surface area contributed by atoms with Gasteiger partial charge in [-0.25, -0.2) is 0 Å². The van der Waals surface area contributed by atoms with Crippen LogP contribution in [0.4, 0.5) is 0 Å². The highest BCUT2D eigenvalue weighted by molar-refractivity contribution is 5.11. The Hall–Kier alpha value is -0.920. The molecule has 0 radical (unpaired) electrons. The Morgan fingerprint density at radius 3 is 2.32 bits per heavy atom. The summed E-state index contributed by atoms with van der Waals surface area (Å²) in [6.45, 7) is 20.8. The van der Waals surface area contributed by atoms with Crippen molar-refractivity contribution in [3.05, 3.63) is 24.7 Å². The van der Waals surface area contributed by atoms with Crippen molar-refractivity contribution >= 4 is 0 Å². The third-order valence-electron chi connectivity index (χ3n) is 11.8. The van der Waals surface area contributed by atoms with Crippen LogP contribution in [0.1, 0.15) is 112 Å². The fourth-order valence-corrected chi connectivity index (χ4v) is 9.82. The molecule has 2 nitrogen and oxygen atoms in total. The summed E-state index contributed by atoms with van der Waals surface area (Å²) in [6.07, 6.45) is 17.0. The first-order chi connectivity index (χ1) is 16.1. The van der Waals surface area contributed by atoms with Gasteiger partial charge in [-0.05, 0) is 116 Å². The maximum Gasteiger partial charge on any atom is 0.153 e. The molecule has 0 bridgehead atoms. The lowest BCUT2D eigenvalue weighted by Crippen LogP contribution is -2.54. The summed E-state index contributed by atoms with van der Waals surface area (Å²) in [5, 5.41) is 9.50. The molecule has 1 N–H and O–H groups in total. The zero-order valence-corrected chi connectivity index (χ0v) is 23.1. The zero-order valence-electron chi connectivity index (χ0n) is 23.1. The summed E-state index contributed by atoms with van der Waals surface area (Å²) in [7, 11) is 0. The minimum Gasteiger partial charge on any atom is -0.505 e. The molecule has 0 saturated heterocycles. The van der Waals surface area contributed by atoms with E-state index in [0.717, 1.165) is 41.4 Å². The maximum absolute atomic E-state index is 9.50. The van der Waals surface area contributed by atoms with Gasteiger partial charge in [-0.3, -0.25) is 0 Å². The van der Waals surface area contributed by atoms with E-state index in [1.54, 1.807) is 0 Å². The molecule has 2 heteroatoms. The highest BCUT2D eigenvalue weighted by Crippen LogP contribution is 2.68. The van der Waals surface area contributed by atoms with Crippen LogP contribution in [0.25, 0.3) is 0 Å². The molecule has 0 aromatic heterocycles. The Labute approximate surface area is 211 Å². The van der Waals surface area contributed by atoms with Crippen molar-refractivity contribution in [3.63, 3.8) is 0 Å². The highest BCUT2D eigenvalue weighted by atomic mass is 16.5. The average molecular weight is 471 g/mol. The SMILES string of the molecule is C=C(O)C(=C)OC[C@H]1CC[C@@]2(C)[C@@H](CC[C@@H]3[C@@H]2CC[C@]2(C)C([C@H](C)CCCC(C)C)CC[C@@H]32)C1. The Bertz CT molecular complexity index is 739. The van der Waals surface area contributed by atoms with Gasteiger partial charge in [0, 0.05) is 0 Å². The van der Waals surface area contributed by atoms with E-state index in [1.807, 2.05) is 0 Å². The molecule has 0 spiro atoms. The van der Waals surface area contributed by atoms with Crippen molar-refractivity contribution in [3.8, 4) is 0 Å². The number of hydrogen-bond donors (Lipinski definition) is 1. The Morgan fingerprint density at radius 1 is 0.912 bits per heavy atom. The van der Waals surface area contributed by atoms with Crippen LogP contribution in [0.3, 0.4) is 0 Å². The average Bonchev–Trinajstić information content (AvgIpc) is 3.14. The van der Waals surface area contributed by atoms with E-state index in [0.29, 0.717) is 29.1 Å². The van der Waals surface area contributed by atoms with Crippen molar-refractivity contribution in [2.45, 2.75) is 112 Å². The Morgan fingerprint density at radius 2 is 1.62 bits per heavy atom. The van der Waals surface area contributed by atoms with E-state index < -0.39 is 0 Å². The molecule has 0 aromatic carbocycles. The van der Waals surface area contributed by atoms with Crippen LogP contribution < -0.4 is 0 Å². The fourth-order valence-electron chi connectivity index (χ4n) is 9.82. The molecule has 4 fully saturated rings. The molecule has 0 aliphatic heterocycles. The normalized spacial score (nSPS) is 42.4. The van der Waals surface area contributed by atoms with Gasteiger partial charge >= 0.3 is 0 Å². The first-order valence-corrected chi connectivity index (χ1v) is 14.8. The second-order valence-corrected chi connectivity index (χ2v) is 14.0. The van der Waals surface area contributed by atoms with Crippen LogP contribution in [0.2, 0.25) is 0 Å². The highest BCUT2D eigenvalue weighted by Gasteiger charge is 2.60. The Kier molecular flexibility index (Phi) is 7.86. The predicted octanol–water partition coefficient (Wildman–Crippen LogP) is 9.33. The number of aliphatic hydroxyl groups excluding tert-OH is 1. The van der Waals surface area contributed by atoms with Crippen LogP contribution in [0, 0.1) is 58.2 Å². The lowest BCUT2D eigenvalue weighted by atomic mass is 9.44. The fraction of sp³-hybridized carbons (Fsp3) is 0.875. The third kappa shape index (κ3) is 4.86. The van der Waals surface area contributed by atoms with E-state index >= 15 is 0 Å². The second kappa shape index (κ2) is 10.2. The first kappa shape index (κ1) is 26.2. The summed E-state index contributed by atoms with van der Waals surface area (Å²) in [6, 6.07) is 0. The number of ether oxygens (including phenoxy) is 1. The molecule has 0 amide bonds. The molecule has 34 heavy (non-hydrogen) atoms. The molecule has 1 unspecified atom stereocenters. The van der Waals surface area contributed by atoms with Gasteiger partial charge in [0.1, 0.15) is 5.76 Å². The van der Waals surface area contributed by atoms with Gasteiger partial charge < -0.3 is 9.84 Å². The van der Waals surface area contributed by atoms with Crippen LogP contribution in [0.15, 0.2) is 24.7 Å². The molecule has 9 atom stereocenters. The zero-order chi connectivity index (χ0) is 24.7. The molecule has 4 aliphatic carbocycles. The molecule has 194 valence electrons. The summed E-state index contributed by atoms with van der Waals surface area (Å²) in [4.78, 5) is 0. The molecular formula is C32H54O2. The quantitative estimate of drug-likeness (QED) is 0.269. The van der Waals surface area contributed by atoms with Crippen molar-refractivity contribution in [2.24, 2.45) is 58.2 Å². The molecular weight excluding hydrogens is 416 g/mol. The maximum atomic E-state index is 9.50. The van der Waals surface area contributed by atoms with Gasteiger partial charge in [0.2, 0.25) is 0 Å². The molecule has 4 saturated carbocycles. The number of fused-ring (bicyclic) bond motifs is 5. The summed E-state index contributed by atoms with van der Waals surface area (Å²) in [5.74, 6) is 7.35. The Balaban J connectivity index is 1.38. The van der Waals surface area contributed by atoms with Crippen LogP contribution in [0.5, 0.6) is 0 Å². The van der Waals surface area contributed by atoms with Gasteiger partial charge in [0.25, 0.3) is 0 Å². The van der Waals surface area contributed by atoms with Crippen LogP contribution in [-0.2, 0) is 4.74 Å². The van der Waals surface area contributed by atoms with Gasteiger partial charge in [0.05, 0.1) is 6.61 Å². The van der Waals surface area contributed by atoms with Crippen molar-refractivity contribution < 1.29 is 9.84 Å². The van der Waals surface area contributed by atoms with E-state index in [4.69, 9.17) is 4.74 Å². The van der Waals surface area contributed by atoms with Crippen LogP contribution >= 0.6 is 0 Å². The molecule has 4 aliphatic rings. The summed E-state index contributed by atoms with van der Waals surface area (Å²) >= 11 is 0. The van der Waals surface area contributed by atoms with Gasteiger partial charge in [-0.2, -0.15) is 0 Å². The third-order valence-corrected chi connectivity index (χ3v) is 11.8. The van der Waals surface area contributed by atoms with Gasteiger partial charge in [0.15, 0.2) is 5.76 Å². The van der Waals surface area contributed by atoms with Crippen molar-refractivity contribution in [1.29, 1.82) is 0 Å². The van der Waals surface area contributed by atoms with E-state index in [-0.39, 0.29) is 5.76 Å². The largest absolute Gasteiger partial charge is 0.505 e. The lowest BCUT2D eigenvalue weighted by Gasteiger charge is -2.61. The van der Waals surface area contributed by atoms with Gasteiger partial charge in [-0.1, -0.05) is 67.0 Å². The minimum absolute atomic E-state index is 0.0319. The number of rotatable bonds is 9. The number of hydrogen-bond acceptors (Lipinski definition) is 2. The van der Waals surface area contributed by atoms with E-state index in [2.05, 4.69) is 47.8 Å². The minimum atomic E-state index is -0.0319. The van der Waals surface area contributed by atoms with E-state index in [1.165, 1.54) is 77.0 Å². The summed E-state index contributed by atoms with van der Waals surface area (Å²) in [5.41, 5.74) is 1.12. The second-order valence-electron chi connectivity index (χ2n) is 14.0. The molecule has 0 aromatic rings. The lowest BCUT2D eigenvalue weighted by molar-refractivity contribution is -0.124. The topological polar surface area (TPSA) is 29.5 Å². The molecule has 4 rings (SSSR count). The van der Waals surface area contributed by atoms with Crippen molar-refractivity contribution in [2.75, 3.05) is 6.61 Å².